The highest BCUT2D eigenvalue weighted by atomic mass is 35.5. The van der Waals surface area contributed by atoms with E-state index < -0.39 is 16.1 Å². The highest BCUT2D eigenvalue weighted by Crippen LogP contribution is 2.10. The zero-order valence-corrected chi connectivity index (χ0v) is 16.2. The predicted octanol–water partition coefficient (Wildman–Crippen LogP) is 1.46. The van der Waals surface area contributed by atoms with Crippen molar-refractivity contribution in [3.05, 3.63) is 64.7 Å². The molecular formula is C18H20ClN3O4S. The van der Waals surface area contributed by atoms with Crippen LogP contribution in [-0.4, -0.2) is 32.8 Å². The summed E-state index contributed by atoms with van der Waals surface area (Å²) in [5, 5.41) is 10.9. The number of hydrogen-bond donors (Lipinski definition) is 3. The quantitative estimate of drug-likeness (QED) is 0.641. The molecule has 0 spiro atoms. The number of sulfonamides is 1. The third-order valence-electron chi connectivity index (χ3n) is 3.81. The van der Waals surface area contributed by atoms with E-state index in [4.69, 9.17) is 16.7 Å². The average Bonchev–Trinajstić information content (AvgIpc) is 2.61. The number of primary sulfonamides is 1. The van der Waals surface area contributed by atoms with E-state index in [9.17, 15) is 18.0 Å². The van der Waals surface area contributed by atoms with Gasteiger partial charge in [0.05, 0.1) is 4.90 Å². The Kier molecular flexibility index (Phi) is 6.95. The van der Waals surface area contributed by atoms with E-state index in [0.29, 0.717) is 23.6 Å². The summed E-state index contributed by atoms with van der Waals surface area (Å²) in [5.74, 6) is -0.689. The molecular weight excluding hydrogens is 390 g/mol. The predicted molar refractivity (Wildman–Crippen MR) is 103 cm³/mol. The van der Waals surface area contributed by atoms with Gasteiger partial charge >= 0.3 is 0 Å². The molecule has 0 aliphatic rings. The normalized spacial score (nSPS) is 12.3. The van der Waals surface area contributed by atoms with Crippen LogP contribution in [-0.2, 0) is 21.2 Å². The monoisotopic (exact) mass is 409 g/mol. The Balaban J connectivity index is 1.81. The van der Waals surface area contributed by atoms with E-state index in [1.54, 1.807) is 43.3 Å². The van der Waals surface area contributed by atoms with Crippen molar-refractivity contribution in [2.24, 2.45) is 5.14 Å². The SMILES string of the molecule is C[C@@H](NC(=O)c1ccc(Cl)cc1)C(=O)NCCc1ccc(S(N)(=O)=O)cc1. The number of nitrogens with one attached hydrogen (secondary N) is 2. The minimum absolute atomic E-state index is 0.0359. The third kappa shape index (κ3) is 6.35. The second-order valence-electron chi connectivity index (χ2n) is 5.93. The molecule has 1 atom stereocenters. The maximum atomic E-state index is 12.1. The Bertz CT molecular complexity index is 913. The van der Waals surface area contributed by atoms with E-state index >= 15 is 0 Å². The van der Waals surface area contributed by atoms with Crippen molar-refractivity contribution in [2.75, 3.05) is 6.54 Å². The Hall–Kier alpha value is -2.42. The highest BCUT2D eigenvalue weighted by molar-refractivity contribution is 7.89. The Morgan fingerprint density at radius 3 is 2.22 bits per heavy atom. The fraction of sp³-hybridized carbons (Fsp3) is 0.222. The van der Waals surface area contributed by atoms with Crippen molar-refractivity contribution in [3.63, 3.8) is 0 Å². The molecule has 0 unspecified atom stereocenters. The lowest BCUT2D eigenvalue weighted by Gasteiger charge is -2.14. The molecule has 0 aliphatic heterocycles. The molecule has 2 aromatic carbocycles. The maximum Gasteiger partial charge on any atom is 0.251 e. The van der Waals surface area contributed by atoms with E-state index in [1.807, 2.05) is 0 Å². The molecule has 9 heteroatoms. The van der Waals surface area contributed by atoms with Crippen molar-refractivity contribution in [3.8, 4) is 0 Å². The summed E-state index contributed by atoms with van der Waals surface area (Å²) < 4.78 is 22.4. The molecule has 0 saturated heterocycles. The standard InChI is InChI=1S/C18H20ClN3O4S/c1-12(22-18(24)14-4-6-15(19)7-5-14)17(23)21-11-10-13-2-8-16(9-3-13)27(20,25)26/h2-9,12H,10-11H2,1H3,(H,21,23)(H,22,24)(H2,20,25,26)/t12-/m1/s1. The van der Waals surface area contributed by atoms with Crippen LogP contribution in [0.2, 0.25) is 5.02 Å². The second-order valence-corrected chi connectivity index (χ2v) is 7.93. The summed E-state index contributed by atoms with van der Waals surface area (Å²) in [7, 11) is -3.72. The third-order valence-corrected chi connectivity index (χ3v) is 4.99. The van der Waals surface area contributed by atoms with Crippen LogP contribution in [0.15, 0.2) is 53.4 Å². The van der Waals surface area contributed by atoms with Gasteiger partial charge in [-0.3, -0.25) is 9.59 Å². The van der Waals surface area contributed by atoms with Crippen LogP contribution in [0.4, 0.5) is 0 Å². The minimum atomic E-state index is -3.72. The van der Waals surface area contributed by atoms with Gasteiger partial charge in [-0.15, -0.1) is 0 Å². The van der Waals surface area contributed by atoms with Gasteiger partial charge < -0.3 is 10.6 Å². The summed E-state index contributed by atoms with van der Waals surface area (Å²) in [5.41, 5.74) is 1.26. The van der Waals surface area contributed by atoms with Crippen molar-refractivity contribution < 1.29 is 18.0 Å². The van der Waals surface area contributed by atoms with Gasteiger partial charge in [-0.1, -0.05) is 23.7 Å². The van der Waals surface area contributed by atoms with Crippen LogP contribution in [0.3, 0.4) is 0 Å². The molecule has 0 heterocycles. The average molecular weight is 410 g/mol. The molecule has 7 nitrogen and oxygen atoms in total. The molecule has 27 heavy (non-hydrogen) atoms. The van der Waals surface area contributed by atoms with Crippen LogP contribution in [0.25, 0.3) is 0 Å². The van der Waals surface area contributed by atoms with E-state index in [0.717, 1.165) is 5.56 Å². The first-order valence-corrected chi connectivity index (χ1v) is 10.0. The summed E-state index contributed by atoms with van der Waals surface area (Å²) in [6, 6.07) is 11.8. The van der Waals surface area contributed by atoms with Gasteiger partial charge in [0.1, 0.15) is 6.04 Å². The Morgan fingerprint density at radius 1 is 1.07 bits per heavy atom. The number of nitrogens with two attached hydrogens (primary N) is 1. The zero-order valence-electron chi connectivity index (χ0n) is 14.6. The molecule has 4 N–H and O–H groups in total. The van der Waals surface area contributed by atoms with Crippen molar-refractivity contribution >= 4 is 33.4 Å². The lowest BCUT2D eigenvalue weighted by atomic mass is 10.1. The van der Waals surface area contributed by atoms with Crippen LogP contribution >= 0.6 is 11.6 Å². The van der Waals surface area contributed by atoms with Crippen LogP contribution in [0.5, 0.6) is 0 Å². The molecule has 0 fully saturated rings. The van der Waals surface area contributed by atoms with E-state index in [-0.39, 0.29) is 16.7 Å². The first kappa shape index (κ1) is 20.9. The first-order chi connectivity index (χ1) is 12.7. The van der Waals surface area contributed by atoms with Gasteiger partial charge in [0.15, 0.2) is 0 Å². The molecule has 0 saturated carbocycles. The Labute approximate surface area is 163 Å². The van der Waals surface area contributed by atoms with Gasteiger partial charge in [0, 0.05) is 17.1 Å². The number of hydrogen-bond acceptors (Lipinski definition) is 4. The van der Waals surface area contributed by atoms with Crippen molar-refractivity contribution in [1.29, 1.82) is 0 Å². The maximum absolute atomic E-state index is 12.1. The number of halogens is 1. The van der Waals surface area contributed by atoms with Crippen LogP contribution in [0.1, 0.15) is 22.8 Å². The number of amides is 2. The number of carbonyl (C=O) groups excluding carboxylic acids is 2. The fourth-order valence-electron chi connectivity index (χ4n) is 2.28. The summed E-state index contributed by atoms with van der Waals surface area (Å²) in [6.45, 7) is 1.93. The molecule has 0 radical (unpaired) electrons. The van der Waals surface area contributed by atoms with Crippen molar-refractivity contribution in [1.82, 2.24) is 10.6 Å². The molecule has 0 aliphatic carbocycles. The van der Waals surface area contributed by atoms with Gasteiger partial charge in [-0.05, 0) is 55.3 Å². The molecule has 0 aromatic heterocycles. The van der Waals surface area contributed by atoms with Gasteiger partial charge in [0.2, 0.25) is 15.9 Å². The van der Waals surface area contributed by atoms with Crippen LogP contribution < -0.4 is 15.8 Å². The lowest BCUT2D eigenvalue weighted by Crippen LogP contribution is -2.45. The van der Waals surface area contributed by atoms with Crippen LogP contribution in [0, 0.1) is 0 Å². The topological polar surface area (TPSA) is 118 Å². The minimum Gasteiger partial charge on any atom is -0.354 e. The second kappa shape index (κ2) is 8.98. The Morgan fingerprint density at radius 2 is 1.67 bits per heavy atom. The summed E-state index contributed by atoms with van der Waals surface area (Å²) in [4.78, 5) is 24.2. The number of benzene rings is 2. The van der Waals surface area contributed by atoms with E-state index in [2.05, 4.69) is 10.6 Å². The zero-order chi connectivity index (χ0) is 20.0. The lowest BCUT2D eigenvalue weighted by molar-refractivity contribution is -0.122. The van der Waals surface area contributed by atoms with Gasteiger partial charge in [-0.2, -0.15) is 0 Å². The molecule has 144 valence electrons. The first-order valence-electron chi connectivity index (χ1n) is 8.12. The van der Waals surface area contributed by atoms with E-state index in [1.165, 1.54) is 12.1 Å². The largest absolute Gasteiger partial charge is 0.354 e. The molecule has 0 bridgehead atoms. The molecule has 2 aromatic rings. The molecule has 2 amide bonds. The van der Waals surface area contributed by atoms with Gasteiger partial charge in [0.25, 0.3) is 5.91 Å². The summed E-state index contributed by atoms with van der Waals surface area (Å²) >= 11 is 5.78. The number of rotatable bonds is 7. The smallest absolute Gasteiger partial charge is 0.251 e. The fourth-order valence-corrected chi connectivity index (χ4v) is 2.92. The van der Waals surface area contributed by atoms with Crippen molar-refractivity contribution in [2.45, 2.75) is 24.3 Å². The number of carbonyl (C=O) groups is 2. The van der Waals surface area contributed by atoms with Gasteiger partial charge in [-0.25, -0.2) is 13.6 Å². The highest BCUT2D eigenvalue weighted by Gasteiger charge is 2.16. The summed E-state index contributed by atoms with van der Waals surface area (Å²) in [6.07, 6.45) is 0.508. The molecule has 2 rings (SSSR count).